The minimum Gasteiger partial charge on any atom is -0.439 e. The second-order valence-electron chi connectivity index (χ2n) is 5.45. The van der Waals surface area contributed by atoms with Crippen LogP contribution in [0.2, 0.25) is 0 Å². The molecule has 0 aliphatic rings. The summed E-state index contributed by atoms with van der Waals surface area (Å²) in [5.74, 6) is 0.645. The van der Waals surface area contributed by atoms with Crippen LogP contribution in [0.25, 0.3) is 11.1 Å². The Hall–Kier alpha value is -1.59. The Morgan fingerprint density at radius 2 is 2.16 bits per heavy atom. The highest BCUT2D eigenvalue weighted by molar-refractivity contribution is 5.76. The SMILES string of the molecule is CCN(Cc1nc2ccc(N)cc2o1)CC(C)(C)O. The zero-order valence-corrected chi connectivity index (χ0v) is 11.7. The number of benzene rings is 1. The third-order valence-electron chi connectivity index (χ3n) is 2.87. The Labute approximate surface area is 113 Å². The van der Waals surface area contributed by atoms with Crippen molar-refractivity contribution in [2.75, 3.05) is 18.8 Å². The summed E-state index contributed by atoms with van der Waals surface area (Å²) in [5, 5.41) is 9.86. The van der Waals surface area contributed by atoms with Crippen LogP contribution in [0.5, 0.6) is 0 Å². The number of rotatable bonds is 5. The first-order valence-corrected chi connectivity index (χ1v) is 6.47. The highest BCUT2D eigenvalue weighted by Crippen LogP contribution is 2.19. The molecule has 5 nitrogen and oxygen atoms in total. The van der Waals surface area contributed by atoms with Crippen LogP contribution in [0, 0.1) is 0 Å². The van der Waals surface area contributed by atoms with Gasteiger partial charge in [-0.3, -0.25) is 4.90 Å². The molecule has 5 heteroatoms. The van der Waals surface area contributed by atoms with Gasteiger partial charge in [-0.25, -0.2) is 4.98 Å². The van der Waals surface area contributed by atoms with Gasteiger partial charge in [0.25, 0.3) is 0 Å². The number of hydrogen-bond acceptors (Lipinski definition) is 5. The van der Waals surface area contributed by atoms with E-state index in [0.717, 1.165) is 12.1 Å². The maximum absolute atomic E-state index is 9.86. The molecule has 3 N–H and O–H groups in total. The summed E-state index contributed by atoms with van der Waals surface area (Å²) in [6.07, 6.45) is 0. The van der Waals surface area contributed by atoms with Crippen LogP contribution in [0.15, 0.2) is 22.6 Å². The van der Waals surface area contributed by atoms with Crippen LogP contribution >= 0.6 is 0 Å². The van der Waals surface area contributed by atoms with Gasteiger partial charge in [-0.15, -0.1) is 0 Å². The molecule has 19 heavy (non-hydrogen) atoms. The van der Waals surface area contributed by atoms with Gasteiger partial charge in [0.1, 0.15) is 5.52 Å². The molecule has 0 saturated carbocycles. The van der Waals surface area contributed by atoms with Crippen molar-refractivity contribution < 1.29 is 9.52 Å². The average Bonchev–Trinajstić information content (AvgIpc) is 2.67. The fourth-order valence-electron chi connectivity index (χ4n) is 2.07. The normalized spacial score (nSPS) is 12.5. The monoisotopic (exact) mass is 263 g/mol. The highest BCUT2D eigenvalue weighted by Gasteiger charge is 2.19. The van der Waals surface area contributed by atoms with Gasteiger partial charge in [0.15, 0.2) is 5.58 Å². The maximum Gasteiger partial charge on any atom is 0.209 e. The average molecular weight is 263 g/mol. The van der Waals surface area contributed by atoms with Crippen molar-refractivity contribution in [3.05, 3.63) is 24.1 Å². The van der Waals surface area contributed by atoms with Crippen LogP contribution < -0.4 is 5.73 Å². The zero-order chi connectivity index (χ0) is 14.0. The van der Waals surface area contributed by atoms with Gasteiger partial charge in [-0.2, -0.15) is 0 Å². The van der Waals surface area contributed by atoms with Crippen molar-refractivity contribution in [1.29, 1.82) is 0 Å². The lowest BCUT2D eigenvalue weighted by Crippen LogP contribution is -2.38. The Morgan fingerprint density at radius 1 is 1.42 bits per heavy atom. The summed E-state index contributed by atoms with van der Waals surface area (Å²) in [6.45, 7) is 7.61. The van der Waals surface area contributed by atoms with Crippen molar-refractivity contribution in [2.45, 2.75) is 32.9 Å². The van der Waals surface area contributed by atoms with Crippen molar-refractivity contribution >= 4 is 16.8 Å². The number of oxazole rings is 1. The Morgan fingerprint density at radius 3 is 2.79 bits per heavy atom. The fraction of sp³-hybridized carbons (Fsp3) is 0.500. The number of nitrogens with two attached hydrogens (primary N) is 1. The number of hydrogen-bond donors (Lipinski definition) is 2. The van der Waals surface area contributed by atoms with Crippen LogP contribution in [0.1, 0.15) is 26.7 Å². The van der Waals surface area contributed by atoms with E-state index in [2.05, 4.69) is 9.88 Å². The molecule has 0 amide bonds. The molecule has 1 aromatic heterocycles. The number of nitrogens with zero attached hydrogens (tertiary/aromatic N) is 2. The van der Waals surface area contributed by atoms with Crippen LogP contribution in [-0.2, 0) is 6.54 Å². The van der Waals surface area contributed by atoms with E-state index in [4.69, 9.17) is 10.2 Å². The topological polar surface area (TPSA) is 75.5 Å². The number of anilines is 1. The van der Waals surface area contributed by atoms with E-state index >= 15 is 0 Å². The predicted octanol–water partition coefficient (Wildman–Crippen LogP) is 2.00. The summed E-state index contributed by atoms with van der Waals surface area (Å²) in [6, 6.07) is 5.44. The number of fused-ring (bicyclic) bond motifs is 1. The molecule has 0 unspecified atom stereocenters. The van der Waals surface area contributed by atoms with Gasteiger partial charge >= 0.3 is 0 Å². The second kappa shape index (κ2) is 5.19. The molecular weight excluding hydrogens is 242 g/mol. The molecule has 104 valence electrons. The lowest BCUT2D eigenvalue weighted by molar-refractivity contribution is 0.0330. The summed E-state index contributed by atoms with van der Waals surface area (Å²) in [5.41, 5.74) is 7.16. The first-order valence-electron chi connectivity index (χ1n) is 6.47. The van der Waals surface area contributed by atoms with Gasteiger partial charge in [0, 0.05) is 18.3 Å². The second-order valence-corrected chi connectivity index (χ2v) is 5.45. The summed E-state index contributed by atoms with van der Waals surface area (Å²) in [7, 11) is 0. The minimum absolute atomic E-state index is 0.574. The molecule has 0 radical (unpaired) electrons. The number of aromatic nitrogens is 1. The van der Waals surface area contributed by atoms with E-state index < -0.39 is 5.60 Å². The molecule has 0 spiro atoms. The fourth-order valence-corrected chi connectivity index (χ4v) is 2.07. The van der Waals surface area contributed by atoms with Gasteiger partial charge in [0.2, 0.25) is 5.89 Å². The van der Waals surface area contributed by atoms with Gasteiger partial charge in [0.05, 0.1) is 12.1 Å². The molecule has 0 aliphatic carbocycles. The van der Waals surface area contributed by atoms with Gasteiger partial charge in [-0.1, -0.05) is 6.92 Å². The Balaban J connectivity index is 2.15. The van der Waals surface area contributed by atoms with Gasteiger partial charge < -0.3 is 15.3 Å². The molecule has 1 heterocycles. The van der Waals surface area contributed by atoms with Crippen LogP contribution in [0.3, 0.4) is 0 Å². The lowest BCUT2D eigenvalue weighted by Gasteiger charge is -2.26. The number of likely N-dealkylation sites (N-methyl/N-ethyl adjacent to an activating group) is 1. The lowest BCUT2D eigenvalue weighted by atomic mass is 10.1. The zero-order valence-electron chi connectivity index (χ0n) is 11.7. The standard InChI is InChI=1S/C14H21N3O2/c1-4-17(9-14(2,3)18)8-13-16-11-6-5-10(15)7-12(11)19-13/h5-7,18H,4,8-9,15H2,1-3H3. The molecule has 0 bridgehead atoms. The predicted molar refractivity (Wildman–Crippen MR) is 75.7 cm³/mol. The molecule has 1 aromatic carbocycles. The van der Waals surface area contributed by atoms with Crippen molar-refractivity contribution in [1.82, 2.24) is 9.88 Å². The molecule has 0 fully saturated rings. The first kappa shape index (κ1) is 13.8. The summed E-state index contributed by atoms with van der Waals surface area (Å²) in [4.78, 5) is 6.52. The largest absolute Gasteiger partial charge is 0.439 e. The highest BCUT2D eigenvalue weighted by atomic mass is 16.3. The minimum atomic E-state index is -0.730. The molecule has 2 rings (SSSR count). The maximum atomic E-state index is 9.86. The molecular formula is C14H21N3O2. The Kier molecular flexibility index (Phi) is 3.78. The van der Waals surface area contributed by atoms with E-state index in [-0.39, 0.29) is 0 Å². The molecule has 2 aromatic rings. The van der Waals surface area contributed by atoms with E-state index in [0.29, 0.717) is 30.3 Å². The van der Waals surface area contributed by atoms with E-state index in [9.17, 15) is 5.11 Å². The van der Waals surface area contributed by atoms with E-state index in [1.165, 1.54) is 0 Å². The first-order chi connectivity index (χ1) is 8.87. The van der Waals surface area contributed by atoms with Crippen molar-refractivity contribution in [3.8, 4) is 0 Å². The third-order valence-corrected chi connectivity index (χ3v) is 2.87. The van der Waals surface area contributed by atoms with Crippen molar-refractivity contribution in [3.63, 3.8) is 0 Å². The summed E-state index contributed by atoms with van der Waals surface area (Å²) < 4.78 is 5.68. The van der Waals surface area contributed by atoms with Gasteiger partial charge in [-0.05, 0) is 32.5 Å². The third kappa shape index (κ3) is 3.68. The number of aliphatic hydroxyl groups is 1. The Bertz CT molecular complexity index is 557. The van der Waals surface area contributed by atoms with Crippen molar-refractivity contribution in [2.24, 2.45) is 0 Å². The summed E-state index contributed by atoms with van der Waals surface area (Å²) >= 11 is 0. The van der Waals surface area contributed by atoms with E-state index in [1.54, 1.807) is 19.9 Å². The molecule has 0 atom stereocenters. The smallest absolute Gasteiger partial charge is 0.209 e. The quantitative estimate of drug-likeness (QED) is 0.807. The number of nitrogen functional groups attached to an aromatic ring is 1. The molecule has 0 saturated heterocycles. The molecule has 0 aliphatic heterocycles. The van der Waals surface area contributed by atoms with E-state index in [1.807, 2.05) is 19.1 Å². The van der Waals surface area contributed by atoms with Crippen LogP contribution in [0.4, 0.5) is 5.69 Å². The van der Waals surface area contributed by atoms with Crippen LogP contribution in [-0.4, -0.2) is 33.7 Å².